The highest BCUT2D eigenvalue weighted by Gasteiger charge is 2.20. The lowest BCUT2D eigenvalue weighted by molar-refractivity contribution is -0.123. The van der Waals surface area contributed by atoms with Crippen molar-refractivity contribution in [2.24, 2.45) is 0 Å². The molecule has 1 aliphatic heterocycles. The van der Waals surface area contributed by atoms with Gasteiger partial charge in [-0.1, -0.05) is 13.3 Å². The lowest BCUT2D eigenvalue weighted by Crippen LogP contribution is -2.47. The SMILES string of the molecule is CC(CNC(=O)C1CCCCN1)c1nccs1. The minimum Gasteiger partial charge on any atom is -0.354 e. The zero-order valence-electron chi connectivity index (χ0n) is 10.1. The van der Waals surface area contributed by atoms with Gasteiger partial charge in [-0.2, -0.15) is 0 Å². The van der Waals surface area contributed by atoms with Crippen LogP contribution in [0.25, 0.3) is 0 Å². The topological polar surface area (TPSA) is 54.0 Å². The Kier molecular flexibility index (Phi) is 4.50. The molecule has 4 nitrogen and oxygen atoms in total. The van der Waals surface area contributed by atoms with E-state index in [1.54, 1.807) is 17.5 Å². The van der Waals surface area contributed by atoms with Crippen molar-refractivity contribution >= 4 is 17.2 Å². The van der Waals surface area contributed by atoms with Gasteiger partial charge < -0.3 is 10.6 Å². The van der Waals surface area contributed by atoms with Crippen LogP contribution in [0, 0.1) is 0 Å². The molecule has 2 unspecified atom stereocenters. The van der Waals surface area contributed by atoms with Crippen molar-refractivity contribution in [2.45, 2.75) is 38.1 Å². The summed E-state index contributed by atoms with van der Waals surface area (Å²) in [6.07, 6.45) is 5.09. The van der Waals surface area contributed by atoms with Gasteiger partial charge in [0.15, 0.2) is 0 Å². The highest BCUT2D eigenvalue weighted by Crippen LogP contribution is 2.16. The molecular weight excluding hydrogens is 234 g/mol. The third-order valence-electron chi connectivity index (χ3n) is 3.08. The monoisotopic (exact) mass is 253 g/mol. The number of carbonyl (C=O) groups excluding carboxylic acids is 1. The van der Waals surface area contributed by atoms with E-state index in [4.69, 9.17) is 0 Å². The van der Waals surface area contributed by atoms with Crippen LogP contribution in [0.5, 0.6) is 0 Å². The summed E-state index contributed by atoms with van der Waals surface area (Å²) >= 11 is 1.64. The number of amides is 1. The van der Waals surface area contributed by atoms with Crippen molar-refractivity contribution in [3.8, 4) is 0 Å². The summed E-state index contributed by atoms with van der Waals surface area (Å²) in [6.45, 7) is 3.72. The molecule has 0 saturated carbocycles. The van der Waals surface area contributed by atoms with E-state index in [0.29, 0.717) is 12.5 Å². The van der Waals surface area contributed by atoms with Gasteiger partial charge in [0, 0.05) is 24.0 Å². The first-order chi connectivity index (χ1) is 8.27. The highest BCUT2D eigenvalue weighted by molar-refractivity contribution is 7.09. The van der Waals surface area contributed by atoms with Gasteiger partial charge in [0.1, 0.15) is 0 Å². The summed E-state index contributed by atoms with van der Waals surface area (Å²) in [5.74, 6) is 0.427. The van der Waals surface area contributed by atoms with Crippen LogP contribution in [0.2, 0.25) is 0 Å². The Hall–Kier alpha value is -0.940. The predicted octanol–water partition coefficient (Wildman–Crippen LogP) is 1.50. The molecule has 0 radical (unpaired) electrons. The number of rotatable bonds is 4. The van der Waals surface area contributed by atoms with Crippen LogP contribution in [0.4, 0.5) is 0 Å². The highest BCUT2D eigenvalue weighted by atomic mass is 32.1. The maximum Gasteiger partial charge on any atom is 0.237 e. The molecule has 1 fully saturated rings. The van der Waals surface area contributed by atoms with E-state index in [1.807, 2.05) is 5.38 Å². The van der Waals surface area contributed by atoms with E-state index in [2.05, 4.69) is 22.5 Å². The first-order valence-electron chi connectivity index (χ1n) is 6.18. The fourth-order valence-electron chi connectivity index (χ4n) is 2.02. The van der Waals surface area contributed by atoms with Gasteiger partial charge in [-0.15, -0.1) is 11.3 Å². The summed E-state index contributed by atoms with van der Waals surface area (Å²) in [7, 11) is 0. The van der Waals surface area contributed by atoms with Crippen LogP contribution >= 0.6 is 11.3 Å². The quantitative estimate of drug-likeness (QED) is 0.855. The second-order valence-corrected chi connectivity index (χ2v) is 5.45. The van der Waals surface area contributed by atoms with Crippen LogP contribution < -0.4 is 10.6 Å². The minimum absolute atomic E-state index is 0.00671. The summed E-state index contributed by atoms with van der Waals surface area (Å²) < 4.78 is 0. The molecule has 0 spiro atoms. The van der Waals surface area contributed by atoms with E-state index in [1.165, 1.54) is 6.42 Å². The van der Waals surface area contributed by atoms with Gasteiger partial charge in [0.05, 0.1) is 11.0 Å². The fraction of sp³-hybridized carbons (Fsp3) is 0.667. The predicted molar refractivity (Wildman–Crippen MR) is 69.2 cm³/mol. The summed E-state index contributed by atoms with van der Waals surface area (Å²) in [5.41, 5.74) is 0. The number of hydrogen-bond donors (Lipinski definition) is 2. The van der Waals surface area contributed by atoms with Gasteiger partial charge >= 0.3 is 0 Å². The molecule has 2 N–H and O–H groups in total. The van der Waals surface area contributed by atoms with E-state index >= 15 is 0 Å². The molecule has 2 heterocycles. The number of nitrogens with one attached hydrogen (secondary N) is 2. The van der Waals surface area contributed by atoms with Crippen molar-refractivity contribution in [3.63, 3.8) is 0 Å². The van der Waals surface area contributed by atoms with Gasteiger partial charge in [-0.25, -0.2) is 4.98 Å². The fourth-order valence-corrected chi connectivity index (χ4v) is 2.72. The van der Waals surface area contributed by atoms with Crippen LogP contribution in [0.3, 0.4) is 0 Å². The van der Waals surface area contributed by atoms with E-state index in [9.17, 15) is 4.79 Å². The second-order valence-electron chi connectivity index (χ2n) is 4.52. The third kappa shape index (κ3) is 3.51. The van der Waals surface area contributed by atoms with E-state index in [0.717, 1.165) is 24.4 Å². The molecule has 1 saturated heterocycles. The Morgan fingerprint density at radius 2 is 2.59 bits per heavy atom. The number of nitrogens with zero attached hydrogens (tertiary/aromatic N) is 1. The largest absolute Gasteiger partial charge is 0.354 e. The van der Waals surface area contributed by atoms with Gasteiger partial charge in [-0.05, 0) is 19.4 Å². The molecule has 2 atom stereocenters. The Labute approximate surface area is 106 Å². The van der Waals surface area contributed by atoms with Crippen molar-refractivity contribution in [2.75, 3.05) is 13.1 Å². The average molecular weight is 253 g/mol. The molecule has 1 amide bonds. The molecule has 5 heteroatoms. The summed E-state index contributed by atoms with van der Waals surface area (Å²) in [6, 6.07) is 0.00671. The smallest absolute Gasteiger partial charge is 0.237 e. The molecule has 2 rings (SSSR count). The lowest BCUT2D eigenvalue weighted by atomic mass is 10.0. The number of aromatic nitrogens is 1. The standard InChI is InChI=1S/C12H19N3OS/c1-9(12-14-6-7-17-12)8-15-11(16)10-4-2-3-5-13-10/h6-7,9-10,13H,2-5,8H2,1H3,(H,15,16). The lowest BCUT2D eigenvalue weighted by Gasteiger charge is -2.23. The molecule has 94 valence electrons. The van der Waals surface area contributed by atoms with Crippen LogP contribution in [0.15, 0.2) is 11.6 Å². The molecule has 1 aromatic rings. The normalized spacial score (nSPS) is 22.1. The summed E-state index contributed by atoms with van der Waals surface area (Å²) in [4.78, 5) is 16.1. The van der Waals surface area contributed by atoms with Crippen molar-refractivity contribution in [1.82, 2.24) is 15.6 Å². The minimum atomic E-state index is 0.00671. The Morgan fingerprint density at radius 3 is 3.24 bits per heavy atom. The molecule has 0 bridgehead atoms. The zero-order valence-corrected chi connectivity index (χ0v) is 10.9. The zero-order chi connectivity index (χ0) is 12.1. The average Bonchev–Trinajstić information content (AvgIpc) is 2.90. The maximum atomic E-state index is 11.9. The Bertz CT molecular complexity index is 347. The number of carbonyl (C=O) groups is 1. The molecule has 17 heavy (non-hydrogen) atoms. The van der Waals surface area contributed by atoms with Crippen molar-refractivity contribution < 1.29 is 4.79 Å². The van der Waals surface area contributed by atoms with Crippen LogP contribution in [-0.4, -0.2) is 30.0 Å². The molecule has 1 aliphatic rings. The molecular formula is C12H19N3OS. The maximum absolute atomic E-state index is 11.9. The van der Waals surface area contributed by atoms with E-state index < -0.39 is 0 Å². The van der Waals surface area contributed by atoms with Crippen LogP contribution in [0.1, 0.15) is 37.1 Å². The van der Waals surface area contributed by atoms with Crippen molar-refractivity contribution in [1.29, 1.82) is 0 Å². The van der Waals surface area contributed by atoms with Gasteiger partial charge in [0.25, 0.3) is 0 Å². The second kappa shape index (κ2) is 6.12. The van der Waals surface area contributed by atoms with Crippen molar-refractivity contribution in [3.05, 3.63) is 16.6 Å². The van der Waals surface area contributed by atoms with E-state index in [-0.39, 0.29) is 11.9 Å². The van der Waals surface area contributed by atoms with Gasteiger partial charge in [-0.3, -0.25) is 4.79 Å². The third-order valence-corrected chi connectivity index (χ3v) is 4.09. The Balaban J connectivity index is 1.75. The Morgan fingerprint density at radius 1 is 1.71 bits per heavy atom. The number of hydrogen-bond acceptors (Lipinski definition) is 4. The van der Waals surface area contributed by atoms with Crippen LogP contribution in [-0.2, 0) is 4.79 Å². The summed E-state index contributed by atoms with van der Waals surface area (Å²) in [5, 5.41) is 9.31. The molecule has 0 aliphatic carbocycles. The molecule has 0 aromatic carbocycles. The first kappa shape index (κ1) is 12.5. The first-order valence-corrected chi connectivity index (χ1v) is 7.06. The number of piperidine rings is 1. The van der Waals surface area contributed by atoms with Gasteiger partial charge in [0.2, 0.25) is 5.91 Å². The molecule has 1 aromatic heterocycles. The number of thiazole rings is 1.